The van der Waals surface area contributed by atoms with Gasteiger partial charge in [-0.05, 0) is 11.6 Å². The Bertz CT molecular complexity index is 1090. The lowest BCUT2D eigenvalue weighted by atomic mass is 9.82. The largest absolute Gasteiger partial charge is 0.488 e. The highest BCUT2D eigenvalue weighted by Crippen LogP contribution is 2.38. The molecule has 0 spiro atoms. The Hall–Kier alpha value is -3.80. The van der Waals surface area contributed by atoms with Gasteiger partial charge in [-0.2, -0.15) is 0 Å². The molecule has 0 radical (unpaired) electrons. The second-order valence-electron chi connectivity index (χ2n) is 6.07. The van der Waals surface area contributed by atoms with Gasteiger partial charge < -0.3 is 4.74 Å². The average molecular weight is 359 g/mol. The molecule has 132 valence electrons. The fourth-order valence-electron chi connectivity index (χ4n) is 3.18. The highest BCUT2D eigenvalue weighted by atomic mass is 16.6. The van der Waals surface area contributed by atoms with Gasteiger partial charge in [0.05, 0.1) is 10.5 Å². The molecule has 0 heterocycles. The van der Waals surface area contributed by atoms with Gasteiger partial charge in [0.2, 0.25) is 5.78 Å². The van der Waals surface area contributed by atoms with Crippen molar-refractivity contribution in [2.45, 2.75) is 6.61 Å². The van der Waals surface area contributed by atoms with Crippen LogP contribution >= 0.6 is 0 Å². The first-order valence-electron chi connectivity index (χ1n) is 8.24. The molecule has 0 aromatic heterocycles. The fourth-order valence-corrected chi connectivity index (χ4v) is 3.18. The number of benzene rings is 3. The van der Waals surface area contributed by atoms with Crippen molar-refractivity contribution in [2.75, 3.05) is 0 Å². The Balaban J connectivity index is 1.85. The summed E-state index contributed by atoms with van der Waals surface area (Å²) in [5, 5.41) is 11.4. The number of nitrogens with zero attached hydrogens (tertiary/aromatic N) is 1. The van der Waals surface area contributed by atoms with Gasteiger partial charge in [0.25, 0.3) is 5.69 Å². The predicted molar refractivity (Wildman–Crippen MR) is 97.2 cm³/mol. The van der Waals surface area contributed by atoms with Gasteiger partial charge >= 0.3 is 0 Å². The summed E-state index contributed by atoms with van der Waals surface area (Å²) in [6.45, 7) is 0.175. The monoisotopic (exact) mass is 359 g/mol. The number of nitro benzene ring substituents is 1. The molecule has 1 aliphatic carbocycles. The molecule has 0 bridgehead atoms. The van der Waals surface area contributed by atoms with Crippen LogP contribution in [-0.2, 0) is 6.61 Å². The summed E-state index contributed by atoms with van der Waals surface area (Å²) in [5.41, 5.74) is 0.598. The molecule has 1 aliphatic rings. The average Bonchev–Trinajstić information content (AvgIpc) is 2.70. The van der Waals surface area contributed by atoms with E-state index in [1.165, 1.54) is 24.3 Å². The third-order valence-corrected chi connectivity index (χ3v) is 4.45. The van der Waals surface area contributed by atoms with E-state index < -0.39 is 22.2 Å². The molecule has 27 heavy (non-hydrogen) atoms. The maximum atomic E-state index is 13.0. The van der Waals surface area contributed by atoms with Crippen LogP contribution in [0.25, 0.3) is 0 Å². The normalized spacial score (nSPS) is 12.3. The second kappa shape index (κ2) is 6.49. The van der Waals surface area contributed by atoms with E-state index in [9.17, 15) is 19.7 Å². The number of carbonyl (C=O) groups excluding carboxylic acids is 2. The van der Waals surface area contributed by atoms with Crippen molar-refractivity contribution >= 4 is 17.3 Å². The van der Waals surface area contributed by atoms with E-state index in [2.05, 4.69) is 0 Å². The molecule has 0 unspecified atom stereocenters. The third kappa shape index (κ3) is 2.77. The van der Waals surface area contributed by atoms with Crippen LogP contribution in [0.4, 0.5) is 5.69 Å². The van der Waals surface area contributed by atoms with Gasteiger partial charge in [-0.3, -0.25) is 19.7 Å². The molecule has 3 aromatic carbocycles. The zero-order chi connectivity index (χ0) is 19.0. The third-order valence-electron chi connectivity index (χ3n) is 4.45. The molecule has 0 saturated carbocycles. The number of fused-ring (bicyclic) bond motifs is 2. The van der Waals surface area contributed by atoms with Gasteiger partial charge in [0.1, 0.15) is 17.9 Å². The highest BCUT2D eigenvalue weighted by molar-refractivity contribution is 6.30. The summed E-state index contributed by atoms with van der Waals surface area (Å²) < 4.78 is 5.76. The topological polar surface area (TPSA) is 86.5 Å². The summed E-state index contributed by atoms with van der Waals surface area (Å²) in [7, 11) is 0. The zero-order valence-corrected chi connectivity index (χ0v) is 14.0. The molecule has 4 rings (SSSR count). The smallest absolute Gasteiger partial charge is 0.281 e. The van der Waals surface area contributed by atoms with E-state index >= 15 is 0 Å². The number of hydrogen-bond acceptors (Lipinski definition) is 5. The van der Waals surface area contributed by atoms with Gasteiger partial charge in [-0.15, -0.1) is 0 Å². The van der Waals surface area contributed by atoms with Crippen molar-refractivity contribution < 1.29 is 19.2 Å². The summed E-state index contributed by atoms with van der Waals surface area (Å²) in [4.78, 5) is 36.7. The highest BCUT2D eigenvalue weighted by Gasteiger charge is 2.37. The van der Waals surface area contributed by atoms with Gasteiger partial charge in [0, 0.05) is 17.2 Å². The lowest BCUT2D eigenvalue weighted by molar-refractivity contribution is -0.385. The molecule has 0 saturated heterocycles. The van der Waals surface area contributed by atoms with Crippen LogP contribution in [0.5, 0.6) is 5.75 Å². The van der Waals surface area contributed by atoms with Crippen LogP contribution in [-0.4, -0.2) is 16.5 Å². The molecule has 0 aliphatic heterocycles. The van der Waals surface area contributed by atoms with E-state index in [1.54, 1.807) is 12.1 Å². The van der Waals surface area contributed by atoms with Crippen LogP contribution in [0.3, 0.4) is 0 Å². The summed E-state index contributed by atoms with van der Waals surface area (Å²) in [5.74, 6) is -0.837. The Kier molecular flexibility index (Phi) is 4.01. The summed E-state index contributed by atoms with van der Waals surface area (Å²) >= 11 is 0. The Morgan fingerprint density at radius 3 is 2.00 bits per heavy atom. The van der Waals surface area contributed by atoms with Crippen molar-refractivity contribution in [1.82, 2.24) is 0 Å². The lowest BCUT2D eigenvalue weighted by Crippen LogP contribution is -2.23. The number of ketones is 2. The lowest BCUT2D eigenvalue weighted by Gasteiger charge is -2.20. The molecule has 6 heteroatoms. The van der Waals surface area contributed by atoms with Crippen LogP contribution in [0.15, 0.2) is 66.7 Å². The molecule has 0 fully saturated rings. The number of ether oxygens (including phenoxy) is 1. The quantitative estimate of drug-likeness (QED) is 0.407. The van der Waals surface area contributed by atoms with Crippen molar-refractivity contribution in [3.05, 3.63) is 105 Å². The minimum atomic E-state index is -0.654. The second-order valence-corrected chi connectivity index (χ2v) is 6.07. The van der Waals surface area contributed by atoms with Gasteiger partial charge in [-0.1, -0.05) is 54.6 Å². The Morgan fingerprint density at radius 1 is 0.778 bits per heavy atom. The maximum Gasteiger partial charge on any atom is 0.281 e. The van der Waals surface area contributed by atoms with Gasteiger partial charge in [0.15, 0.2) is 5.78 Å². The minimum Gasteiger partial charge on any atom is -0.488 e. The Morgan fingerprint density at radius 2 is 1.37 bits per heavy atom. The van der Waals surface area contributed by atoms with Crippen LogP contribution in [0, 0.1) is 10.1 Å². The first-order valence-corrected chi connectivity index (χ1v) is 8.24. The van der Waals surface area contributed by atoms with Crippen molar-refractivity contribution in [2.24, 2.45) is 0 Å². The minimum absolute atomic E-state index is 0.0520. The fraction of sp³-hybridized carbons (Fsp3) is 0.0476. The Labute approximate surface area is 154 Å². The van der Waals surface area contributed by atoms with Crippen molar-refractivity contribution in [3.8, 4) is 5.75 Å². The number of rotatable bonds is 4. The summed E-state index contributed by atoms with van der Waals surface area (Å²) in [6.07, 6.45) is 0. The van der Waals surface area contributed by atoms with E-state index in [0.717, 1.165) is 5.56 Å². The first kappa shape index (κ1) is 16.7. The van der Waals surface area contributed by atoms with Crippen molar-refractivity contribution in [3.63, 3.8) is 0 Å². The van der Waals surface area contributed by atoms with E-state index in [1.807, 2.05) is 30.3 Å². The molecule has 0 amide bonds. The first-order chi connectivity index (χ1) is 13.1. The van der Waals surface area contributed by atoms with Crippen LogP contribution < -0.4 is 4.74 Å². The molecule has 0 N–H and O–H groups in total. The maximum absolute atomic E-state index is 13.0. The van der Waals surface area contributed by atoms with Gasteiger partial charge in [-0.25, -0.2) is 0 Å². The van der Waals surface area contributed by atoms with Crippen LogP contribution in [0.1, 0.15) is 37.4 Å². The number of nitro groups is 1. The van der Waals surface area contributed by atoms with E-state index in [0.29, 0.717) is 0 Å². The molecule has 6 nitrogen and oxygen atoms in total. The molecular formula is C21H13NO5. The SMILES string of the molecule is O=C1c2ccccc2C(=O)c2c([N+](=O)[O-])ccc(OCc3ccccc3)c21. The predicted octanol–water partition coefficient (Wildman–Crippen LogP) is 3.95. The molecule has 0 atom stereocenters. The van der Waals surface area contributed by atoms with Crippen LogP contribution in [0.2, 0.25) is 0 Å². The number of hydrogen-bond donors (Lipinski definition) is 0. The van der Waals surface area contributed by atoms with E-state index in [4.69, 9.17) is 4.74 Å². The van der Waals surface area contributed by atoms with E-state index in [-0.39, 0.29) is 34.6 Å². The molecule has 3 aromatic rings. The van der Waals surface area contributed by atoms with Crippen molar-refractivity contribution in [1.29, 1.82) is 0 Å². The molecular weight excluding hydrogens is 346 g/mol. The zero-order valence-electron chi connectivity index (χ0n) is 14.0. The summed E-state index contributed by atoms with van der Waals surface area (Å²) in [6, 6.07) is 18.2. The standard InChI is InChI=1S/C21H13NO5/c23-20-14-8-4-5-9-15(14)21(24)19-17(11-10-16(18(19)20)22(25)26)27-12-13-6-2-1-3-7-13/h1-11H,12H2. The number of carbonyl (C=O) groups is 2.